The van der Waals surface area contributed by atoms with Gasteiger partial charge in [-0.1, -0.05) is 22.0 Å². The van der Waals surface area contributed by atoms with Crippen LogP contribution in [0.3, 0.4) is 0 Å². The van der Waals surface area contributed by atoms with E-state index in [1.807, 2.05) is 18.2 Å². The molecule has 1 amide bonds. The first-order valence-electron chi connectivity index (χ1n) is 6.72. The summed E-state index contributed by atoms with van der Waals surface area (Å²) in [6, 6.07) is 5.72. The van der Waals surface area contributed by atoms with Gasteiger partial charge >= 0.3 is 5.97 Å². The summed E-state index contributed by atoms with van der Waals surface area (Å²) in [5.74, 6) is -1.34. The van der Waals surface area contributed by atoms with Crippen LogP contribution in [0.5, 0.6) is 0 Å². The molecule has 1 fully saturated rings. The van der Waals surface area contributed by atoms with Gasteiger partial charge in [-0.15, -0.1) is 0 Å². The van der Waals surface area contributed by atoms with Gasteiger partial charge in [0.05, 0.1) is 5.92 Å². The molecule has 5 nitrogen and oxygen atoms in total. The smallest absolute Gasteiger partial charge is 0.328 e. The summed E-state index contributed by atoms with van der Waals surface area (Å²) in [7, 11) is 0. The number of benzene rings is 1. The number of hydrogen-bond acceptors (Lipinski definition) is 3. The van der Waals surface area contributed by atoms with Gasteiger partial charge in [-0.2, -0.15) is 0 Å². The summed E-state index contributed by atoms with van der Waals surface area (Å²) in [4.78, 5) is 24.0. The molecule has 0 radical (unpaired) electrons. The van der Waals surface area contributed by atoms with Crippen LogP contribution in [0.1, 0.15) is 18.4 Å². The van der Waals surface area contributed by atoms with Gasteiger partial charge in [-0.05, 0) is 36.6 Å². The van der Waals surface area contributed by atoms with Crippen LogP contribution in [0.4, 0.5) is 5.69 Å². The monoisotopic (exact) mass is 352 g/mol. The number of carbonyl (C=O) groups is 2. The Labute approximate surface area is 131 Å². The van der Waals surface area contributed by atoms with E-state index in [-0.39, 0.29) is 11.8 Å². The largest absolute Gasteiger partial charge is 0.478 e. The highest BCUT2D eigenvalue weighted by Gasteiger charge is 2.24. The molecule has 6 heteroatoms. The van der Waals surface area contributed by atoms with Crippen molar-refractivity contribution in [2.24, 2.45) is 11.7 Å². The first kappa shape index (κ1) is 15.6. The standard InChI is InChI=1S/C15H17BrN2O3/c16-13-8-12(5-3-10(13)4-6-14(19)20)18-7-1-2-11(9-18)15(17)21/h3-6,8,11H,1-2,7,9H2,(H2,17,21)(H,19,20)/b6-4+. The minimum atomic E-state index is -0.980. The Balaban J connectivity index is 2.16. The molecule has 1 aliphatic heterocycles. The number of aliphatic carboxylic acids is 1. The number of amides is 1. The molecule has 0 saturated carbocycles. The maximum Gasteiger partial charge on any atom is 0.328 e. The molecular formula is C15H17BrN2O3. The van der Waals surface area contributed by atoms with Crippen LogP contribution < -0.4 is 10.6 Å². The molecule has 3 N–H and O–H groups in total. The van der Waals surface area contributed by atoms with Crippen LogP contribution in [-0.4, -0.2) is 30.1 Å². The van der Waals surface area contributed by atoms with Gasteiger partial charge in [0.1, 0.15) is 0 Å². The predicted molar refractivity (Wildman–Crippen MR) is 84.9 cm³/mol. The number of primary amides is 1. The van der Waals surface area contributed by atoms with Gasteiger partial charge in [0.15, 0.2) is 0 Å². The minimum Gasteiger partial charge on any atom is -0.478 e. The second kappa shape index (κ2) is 6.76. The minimum absolute atomic E-state index is 0.107. The molecule has 0 bridgehead atoms. The molecule has 2 rings (SSSR count). The molecule has 0 spiro atoms. The molecule has 1 aromatic rings. The molecule has 21 heavy (non-hydrogen) atoms. The Hall–Kier alpha value is -1.82. The lowest BCUT2D eigenvalue weighted by atomic mass is 9.97. The van der Waals surface area contributed by atoms with Gasteiger partial charge in [0.25, 0.3) is 0 Å². The molecule has 1 unspecified atom stereocenters. The Morgan fingerprint density at radius 2 is 2.19 bits per heavy atom. The van der Waals surface area contributed by atoms with E-state index in [1.54, 1.807) is 6.08 Å². The normalized spacial score (nSPS) is 18.9. The lowest BCUT2D eigenvalue weighted by Crippen LogP contribution is -2.41. The van der Waals surface area contributed by atoms with Gasteiger partial charge in [-0.25, -0.2) is 4.79 Å². The number of nitrogens with two attached hydrogens (primary N) is 1. The van der Waals surface area contributed by atoms with Crippen molar-refractivity contribution < 1.29 is 14.7 Å². The number of piperidine rings is 1. The van der Waals surface area contributed by atoms with Gasteiger partial charge < -0.3 is 15.7 Å². The third-order valence-corrected chi connectivity index (χ3v) is 4.27. The van der Waals surface area contributed by atoms with Crippen molar-refractivity contribution in [2.75, 3.05) is 18.0 Å². The third kappa shape index (κ3) is 4.07. The summed E-state index contributed by atoms with van der Waals surface area (Å²) in [6.45, 7) is 1.52. The van der Waals surface area contributed by atoms with Crippen LogP contribution in [0, 0.1) is 5.92 Å². The van der Waals surface area contributed by atoms with Crippen LogP contribution in [0.25, 0.3) is 6.08 Å². The van der Waals surface area contributed by atoms with Crippen molar-refractivity contribution >= 4 is 39.6 Å². The van der Waals surface area contributed by atoms with Gasteiger partial charge in [0.2, 0.25) is 5.91 Å². The van der Waals surface area contributed by atoms with Crippen LogP contribution in [0.2, 0.25) is 0 Å². The second-order valence-corrected chi connectivity index (χ2v) is 5.92. The number of carboxylic acid groups (broad SMARTS) is 1. The van der Waals surface area contributed by atoms with E-state index in [0.717, 1.165) is 41.2 Å². The highest BCUT2D eigenvalue weighted by Crippen LogP contribution is 2.28. The van der Waals surface area contributed by atoms with E-state index in [9.17, 15) is 9.59 Å². The number of halogens is 1. The Morgan fingerprint density at radius 3 is 2.81 bits per heavy atom. The van der Waals surface area contributed by atoms with Crippen LogP contribution in [0.15, 0.2) is 28.7 Å². The number of rotatable bonds is 4. The zero-order chi connectivity index (χ0) is 15.4. The molecule has 1 heterocycles. The zero-order valence-corrected chi connectivity index (χ0v) is 13.0. The summed E-state index contributed by atoms with van der Waals surface area (Å²) >= 11 is 3.45. The fraction of sp³-hybridized carbons (Fsp3) is 0.333. The number of carboxylic acids is 1. The molecular weight excluding hydrogens is 336 g/mol. The zero-order valence-electron chi connectivity index (χ0n) is 11.5. The number of anilines is 1. The van der Waals surface area contributed by atoms with Crippen LogP contribution in [-0.2, 0) is 9.59 Å². The molecule has 0 aromatic heterocycles. The summed E-state index contributed by atoms with van der Waals surface area (Å²) < 4.78 is 0.818. The molecule has 1 atom stereocenters. The third-order valence-electron chi connectivity index (χ3n) is 3.58. The molecule has 1 aromatic carbocycles. The average Bonchev–Trinajstić information content (AvgIpc) is 2.46. The van der Waals surface area contributed by atoms with Crippen LogP contribution >= 0.6 is 15.9 Å². The lowest BCUT2D eigenvalue weighted by molar-refractivity contribution is -0.131. The van der Waals surface area contributed by atoms with Gasteiger partial charge in [-0.3, -0.25) is 4.79 Å². The van der Waals surface area contributed by atoms with Crippen molar-refractivity contribution in [1.82, 2.24) is 0 Å². The van der Waals surface area contributed by atoms with Crippen molar-refractivity contribution in [3.05, 3.63) is 34.3 Å². The van der Waals surface area contributed by atoms with E-state index in [1.165, 1.54) is 0 Å². The van der Waals surface area contributed by atoms with Crippen molar-refractivity contribution in [1.29, 1.82) is 0 Å². The number of nitrogens with zero attached hydrogens (tertiary/aromatic N) is 1. The SMILES string of the molecule is NC(=O)C1CCCN(c2ccc(/C=C/C(=O)O)c(Br)c2)C1. The lowest BCUT2D eigenvalue weighted by Gasteiger charge is -2.33. The second-order valence-electron chi connectivity index (χ2n) is 5.06. The Kier molecular flexibility index (Phi) is 5.01. The molecule has 1 aliphatic rings. The van der Waals surface area contributed by atoms with E-state index in [2.05, 4.69) is 20.8 Å². The van der Waals surface area contributed by atoms with Gasteiger partial charge in [0, 0.05) is 29.3 Å². The maximum atomic E-state index is 11.3. The van der Waals surface area contributed by atoms with E-state index in [4.69, 9.17) is 10.8 Å². The highest BCUT2D eigenvalue weighted by atomic mass is 79.9. The molecule has 0 aliphatic carbocycles. The first-order chi connectivity index (χ1) is 9.97. The molecule has 112 valence electrons. The van der Waals surface area contributed by atoms with E-state index in [0.29, 0.717) is 6.54 Å². The number of carbonyl (C=O) groups excluding carboxylic acids is 1. The number of hydrogen-bond donors (Lipinski definition) is 2. The summed E-state index contributed by atoms with van der Waals surface area (Å²) in [6.07, 6.45) is 4.42. The van der Waals surface area contributed by atoms with Crippen molar-refractivity contribution in [3.63, 3.8) is 0 Å². The summed E-state index contributed by atoms with van der Waals surface area (Å²) in [5, 5.41) is 8.65. The highest BCUT2D eigenvalue weighted by molar-refractivity contribution is 9.10. The first-order valence-corrected chi connectivity index (χ1v) is 7.51. The average molecular weight is 353 g/mol. The topological polar surface area (TPSA) is 83.6 Å². The maximum absolute atomic E-state index is 11.3. The van der Waals surface area contributed by atoms with E-state index < -0.39 is 5.97 Å². The van der Waals surface area contributed by atoms with Crippen molar-refractivity contribution in [2.45, 2.75) is 12.8 Å². The van der Waals surface area contributed by atoms with E-state index >= 15 is 0 Å². The quantitative estimate of drug-likeness (QED) is 0.814. The van der Waals surface area contributed by atoms with Crippen molar-refractivity contribution in [3.8, 4) is 0 Å². The predicted octanol–water partition coefficient (Wildman–Crippen LogP) is 2.25. The summed E-state index contributed by atoms with van der Waals surface area (Å²) in [5.41, 5.74) is 7.19. The fourth-order valence-electron chi connectivity index (χ4n) is 2.45. The Bertz CT molecular complexity index is 586. The fourth-order valence-corrected chi connectivity index (χ4v) is 2.95. The molecule has 1 saturated heterocycles. The Morgan fingerprint density at radius 1 is 1.43 bits per heavy atom.